The number of hydrogen-bond acceptors (Lipinski definition) is 7. The highest BCUT2D eigenvalue weighted by Gasteiger charge is 2.23. The fourth-order valence-corrected chi connectivity index (χ4v) is 5.12. The van der Waals surface area contributed by atoms with Gasteiger partial charge in [-0.2, -0.15) is 5.10 Å². The smallest absolute Gasteiger partial charge is 0.245 e. The van der Waals surface area contributed by atoms with E-state index in [4.69, 9.17) is 9.97 Å². The third-order valence-corrected chi connectivity index (χ3v) is 7.64. The Morgan fingerprint density at radius 1 is 1.03 bits per heavy atom. The number of aromatic nitrogens is 4. The third kappa shape index (κ3) is 5.88. The Morgan fingerprint density at radius 2 is 1.74 bits per heavy atom. The molecule has 4 heterocycles. The van der Waals surface area contributed by atoms with Crippen LogP contribution in [-0.4, -0.2) is 82.2 Å². The standard InChI is InChI=1S/C29H38N8O/c1-5-28(38)37-12-10-22(11-13-37)21-6-8-23(9-7-21)29-31-25(30-26-18-24(20(2)3)33-34-26)19-27(32-29)36-16-14-35(4)15-17-36/h5-9,18-20,22H,1,10-17H2,2-4H3,(H2,30,31,32,33,34). The SMILES string of the molecule is C=CC(=O)N1CCC(c2ccc(-c3nc(Nc4cc(C(C)C)[nH]n4)cc(N4CCN(C)CC4)n3)cc2)CC1. The van der Waals surface area contributed by atoms with Crippen LogP contribution in [0.4, 0.5) is 17.5 Å². The summed E-state index contributed by atoms with van der Waals surface area (Å²) in [6, 6.07) is 12.7. The van der Waals surface area contributed by atoms with Crippen LogP contribution >= 0.6 is 0 Å². The van der Waals surface area contributed by atoms with Gasteiger partial charge in [0.2, 0.25) is 5.91 Å². The number of likely N-dealkylation sites (tertiary alicyclic amines) is 1. The lowest BCUT2D eigenvalue weighted by Crippen LogP contribution is -2.44. The fraction of sp³-hybridized carbons (Fsp3) is 0.448. The summed E-state index contributed by atoms with van der Waals surface area (Å²) >= 11 is 0. The Balaban J connectivity index is 1.37. The first kappa shape index (κ1) is 25.9. The van der Waals surface area contributed by atoms with Crippen LogP contribution in [0.2, 0.25) is 0 Å². The highest BCUT2D eigenvalue weighted by Crippen LogP contribution is 2.31. The molecule has 5 rings (SSSR count). The topological polar surface area (TPSA) is 93.3 Å². The van der Waals surface area contributed by atoms with Gasteiger partial charge in [0.05, 0.1) is 0 Å². The average molecular weight is 515 g/mol. The number of carbonyl (C=O) groups is 1. The molecule has 2 saturated heterocycles. The Hall–Kier alpha value is -3.72. The van der Waals surface area contributed by atoms with E-state index >= 15 is 0 Å². The van der Waals surface area contributed by atoms with Gasteiger partial charge in [0.25, 0.3) is 0 Å². The molecule has 0 bridgehead atoms. The maximum absolute atomic E-state index is 11.9. The van der Waals surface area contributed by atoms with E-state index in [1.165, 1.54) is 11.6 Å². The van der Waals surface area contributed by atoms with Crippen molar-refractivity contribution in [3.63, 3.8) is 0 Å². The summed E-state index contributed by atoms with van der Waals surface area (Å²) < 4.78 is 0. The molecule has 0 atom stereocenters. The Kier molecular flexibility index (Phi) is 7.74. The Bertz CT molecular complexity index is 1250. The van der Waals surface area contributed by atoms with Gasteiger partial charge in [0, 0.05) is 62.7 Å². The number of aromatic amines is 1. The maximum atomic E-state index is 11.9. The number of piperazine rings is 1. The normalized spacial score (nSPS) is 17.2. The number of likely N-dealkylation sites (N-methyl/N-ethyl adjacent to an activating group) is 1. The maximum Gasteiger partial charge on any atom is 0.245 e. The van der Waals surface area contributed by atoms with Crippen molar-refractivity contribution in [1.29, 1.82) is 0 Å². The van der Waals surface area contributed by atoms with E-state index in [1.54, 1.807) is 0 Å². The first-order valence-corrected chi connectivity index (χ1v) is 13.6. The van der Waals surface area contributed by atoms with Crippen LogP contribution in [0.25, 0.3) is 11.4 Å². The molecular weight excluding hydrogens is 476 g/mol. The van der Waals surface area contributed by atoms with E-state index in [2.05, 4.69) is 77.1 Å². The van der Waals surface area contributed by atoms with Crippen molar-refractivity contribution < 1.29 is 4.79 Å². The molecule has 1 amide bonds. The molecule has 2 fully saturated rings. The predicted molar refractivity (Wildman–Crippen MR) is 152 cm³/mol. The summed E-state index contributed by atoms with van der Waals surface area (Å²) in [5.74, 6) is 3.94. The van der Waals surface area contributed by atoms with Gasteiger partial charge in [0.1, 0.15) is 11.6 Å². The molecular formula is C29H38N8O. The van der Waals surface area contributed by atoms with Crippen LogP contribution < -0.4 is 10.2 Å². The molecule has 1 aromatic carbocycles. The number of carbonyl (C=O) groups excluding carboxylic acids is 1. The fourth-order valence-electron chi connectivity index (χ4n) is 5.12. The molecule has 9 heteroatoms. The summed E-state index contributed by atoms with van der Waals surface area (Å²) in [5, 5.41) is 10.9. The zero-order chi connectivity index (χ0) is 26.6. The van der Waals surface area contributed by atoms with Crippen molar-refractivity contribution in [2.45, 2.75) is 38.5 Å². The van der Waals surface area contributed by atoms with Crippen LogP contribution in [0.5, 0.6) is 0 Å². The largest absolute Gasteiger partial charge is 0.354 e. The second-order valence-electron chi connectivity index (χ2n) is 10.6. The Morgan fingerprint density at radius 3 is 2.37 bits per heavy atom. The van der Waals surface area contributed by atoms with Gasteiger partial charge in [0.15, 0.2) is 11.6 Å². The number of rotatable bonds is 7. The second-order valence-corrected chi connectivity index (χ2v) is 10.6. The van der Waals surface area contributed by atoms with Crippen molar-refractivity contribution in [3.05, 3.63) is 60.3 Å². The van der Waals surface area contributed by atoms with Crippen LogP contribution in [0.15, 0.2) is 49.1 Å². The quantitative estimate of drug-likeness (QED) is 0.452. The van der Waals surface area contributed by atoms with Crippen molar-refractivity contribution in [1.82, 2.24) is 30.0 Å². The lowest BCUT2D eigenvalue weighted by Gasteiger charge is -2.33. The van der Waals surface area contributed by atoms with Crippen molar-refractivity contribution in [2.75, 3.05) is 56.5 Å². The number of anilines is 3. The predicted octanol–water partition coefficient (Wildman–Crippen LogP) is 4.38. The lowest BCUT2D eigenvalue weighted by molar-refractivity contribution is -0.127. The minimum atomic E-state index is 0.0239. The van der Waals surface area contributed by atoms with Crippen molar-refractivity contribution in [3.8, 4) is 11.4 Å². The summed E-state index contributed by atoms with van der Waals surface area (Å²) in [5.41, 5.74) is 3.36. The van der Waals surface area contributed by atoms with Gasteiger partial charge in [-0.3, -0.25) is 9.89 Å². The molecule has 38 heavy (non-hydrogen) atoms. The number of H-pyrrole nitrogens is 1. The van der Waals surface area contributed by atoms with Crippen LogP contribution in [-0.2, 0) is 4.79 Å². The van der Waals surface area contributed by atoms with Gasteiger partial charge >= 0.3 is 0 Å². The van der Waals surface area contributed by atoms with Crippen molar-refractivity contribution in [2.24, 2.45) is 0 Å². The van der Waals surface area contributed by atoms with E-state index in [0.717, 1.165) is 80.8 Å². The van der Waals surface area contributed by atoms with Crippen LogP contribution in [0.1, 0.15) is 49.8 Å². The molecule has 3 aromatic rings. The lowest BCUT2D eigenvalue weighted by atomic mass is 9.89. The van der Waals surface area contributed by atoms with Gasteiger partial charge in [-0.15, -0.1) is 0 Å². The molecule has 0 unspecified atom stereocenters. The monoisotopic (exact) mass is 514 g/mol. The van der Waals surface area contributed by atoms with E-state index in [0.29, 0.717) is 17.7 Å². The minimum absolute atomic E-state index is 0.0239. The molecule has 2 N–H and O–H groups in total. The third-order valence-electron chi connectivity index (χ3n) is 7.64. The highest BCUT2D eigenvalue weighted by molar-refractivity contribution is 5.87. The van der Waals surface area contributed by atoms with E-state index < -0.39 is 0 Å². The van der Waals surface area contributed by atoms with Crippen molar-refractivity contribution >= 4 is 23.4 Å². The average Bonchev–Trinajstić information content (AvgIpc) is 3.42. The number of nitrogens with zero attached hydrogens (tertiary/aromatic N) is 6. The molecule has 200 valence electrons. The van der Waals surface area contributed by atoms with Gasteiger partial charge < -0.3 is 20.0 Å². The van der Waals surface area contributed by atoms with Crippen LogP contribution in [0, 0.1) is 0 Å². The molecule has 0 saturated carbocycles. The number of hydrogen-bond donors (Lipinski definition) is 2. The zero-order valence-corrected chi connectivity index (χ0v) is 22.7. The molecule has 0 spiro atoms. The minimum Gasteiger partial charge on any atom is -0.354 e. The summed E-state index contributed by atoms with van der Waals surface area (Å²) in [6.45, 7) is 13.3. The molecule has 9 nitrogen and oxygen atoms in total. The van der Waals surface area contributed by atoms with Gasteiger partial charge in [-0.25, -0.2) is 9.97 Å². The van der Waals surface area contributed by atoms with E-state index in [1.807, 2.05) is 17.0 Å². The van der Waals surface area contributed by atoms with Gasteiger partial charge in [-0.1, -0.05) is 44.7 Å². The second kappa shape index (κ2) is 11.3. The first-order chi connectivity index (χ1) is 18.4. The highest BCUT2D eigenvalue weighted by atomic mass is 16.2. The van der Waals surface area contributed by atoms with Gasteiger partial charge in [-0.05, 0) is 43.4 Å². The first-order valence-electron chi connectivity index (χ1n) is 13.6. The molecule has 0 radical (unpaired) electrons. The Labute approximate surface area is 225 Å². The summed E-state index contributed by atoms with van der Waals surface area (Å²) in [7, 11) is 2.16. The number of benzene rings is 1. The summed E-state index contributed by atoms with van der Waals surface area (Å²) in [6.07, 6.45) is 3.33. The van der Waals surface area contributed by atoms with E-state index in [-0.39, 0.29) is 5.91 Å². The number of amides is 1. The molecule has 2 aliphatic heterocycles. The number of nitrogens with one attached hydrogen (secondary N) is 2. The summed E-state index contributed by atoms with van der Waals surface area (Å²) in [4.78, 5) is 28.3. The molecule has 2 aliphatic rings. The molecule has 0 aliphatic carbocycles. The van der Waals surface area contributed by atoms with Crippen LogP contribution in [0.3, 0.4) is 0 Å². The zero-order valence-electron chi connectivity index (χ0n) is 22.7. The molecule has 2 aromatic heterocycles. The van der Waals surface area contributed by atoms with E-state index in [9.17, 15) is 4.79 Å². The number of piperidine rings is 1.